The van der Waals surface area contributed by atoms with Gasteiger partial charge in [0.15, 0.2) is 0 Å². The lowest BCUT2D eigenvalue weighted by Crippen LogP contribution is -2.45. The minimum atomic E-state index is -1.63. The van der Waals surface area contributed by atoms with Crippen LogP contribution in [-0.4, -0.2) is 103 Å². The van der Waals surface area contributed by atoms with E-state index >= 15 is 0 Å². The van der Waals surface area contributed by atoms with Gasteiger partial charge in [0.1, 0.15) is 43.3 Å². The van der Waals surface area contributed by atoms with E-state index in [4.69, 9.17) is 37.9 Å². The van der Waals surface area contributed by atoms with Crippen molar-refractivity contribution >= 4 is 35.4 Å². The molecule has 2 fully saturated rings. The van der Waals surface area contributed by atoms with Gasteiger partial charge in [-0.05, 0) is 130 Å². The first-order chi connectivity index (χ1) is 33.7. The summed E-state index contributed by atoms with van der Waals surface area (Å²) in [5, 5.41) is 0. The van der Waals surface area contributed by atoms with Gasteiger partial charge in [0.2, 0.25) is 11.6 Å². The predicted molar refractivity (Wildman–Crippen MR) is 265 cm³/mol. The number of ketones is 2. The van der Waals surface area contributed by atoms with E-state index in [1.165, 1.54) is 98.2 Å². The van der Waals surface area contributed by atoms with Gasteiger partial charge in [-0.1, -0.05) is 76.8 Å². The van der Waals surface area contributed by atoms with E-state index in [1.54, 1.807) is 13.0 Å². The number of rotatable bonds is 32. The molecule has 0 spiro atoms. The lowest BCUT2D eigenvalue weighted by Gasteiger charge is -2.38. The van der Waals surface area contributed by atoms with E-state index in [9.17, 15) is 28.8 Å². The van der Waals surface area contributed by atoms with Gasteiger partial charge in [-0.15, -0.1) is 0 Å². The second kappa shape index (κ2) is 30.4. The Bertz CT molecular complexity index is 1990. The van der Waals surface area contributed by atoms with Crippen molar-refractivity contribution in [3.63, 3.8) is 0 Å². The van der Waals surface area contributed by atoms with Crippen LogP contribution in [0.1, 0.15) is 123 Å². The topological polar surface area (TPSA) is 176 Å². The molecule has 14 nitrogen and oxygen atoms in total. The predicted octanol–water partition coefficient (Wildman–Crippen LogP) is 9.76. The Kier molecular flexibility index (Phi) is 24.9. The molecule has 4 rings (SSSR count). The SMILES string of the molecule is C=C(C)C(=O)OCCCc1cc(-c2ccc(OCC3CCC(C4CCC(CCCCC)CC4)CC3)cc2)ccc1OCC(COC(=O)C(=C)C)(COC(=O)C(=O)CCOC)COC(=O)C(=O)CCOC. The van der Waals surface area contributed by atoms with Crippen LogP contribution in [0.15, 0.2) is 66.8 Å². The fourth-order valence-electron chi connectivity index (χ4n) is 9.08. The molecular formula is C56H78O14. The molecule has 0 aromatic heterocycles. The largest absolute Gasteiger partial charge is 0.493 e. The van der Waals surface area contributed by atoms with Crippen LogP contribution in [0.2, 0.25) is 0 Å². The van der Waals surface area contributed by atoms with Crippen molar-refractivity contribution in [2.24, 2.45) is 29.1 Å². The highest BCUT2D eigenvalue weighted by Gasteiger charge is 2.39. The molecule has 0 amide bonds. The Hall–Kier alpha value is -5.34. The van der Waals surface area contributed by atoms with E-state index in [2.05, 4.69) is 20.1 Å². The number of benzene rings is 2. The summed E-state index contributed by atoms with van der Waals surface area (Å²) in [5.41, 5.74) is 1.22. The normalized spacial score (nSPS) is 18.0. The molecule has 2 aromatic carbocycles. The molecule has 0 atom stereocenters. The standard InChI is InChI=1S/C56H78O14/c1-8-9-10-12-41-14-18-43(19-15-41)44-20-16-42(17-21-44)34-66-48-25-22-45(23-26-48)46-24-27-51(47(33-46)13-11-30-65-52(59)39(2)3)67-35-56(36-68-53(60)40(4)5,37-69-54(61)49(57)28-31-63-6)38-70-55(62)50(58)29-32-64-7/h22-27,33,41-44H,2,4,8-21,28-32,34-38H2,1,3,5-7H3. The van der Waals surface area contributed by atoms with Gasteiger partial charge < -0.3 is 37.9 Å². The molecule has 0 radical (unpaired) electrons. The summed E-state index contributed by atoms with van der Waals surface area (Å²) in [4.78, 5) is 75.7. The Balaban J connectivity index is 1.50. The van der Waals surface area contributed by atoms with E-state index < -0.39 is 60.7 Å². The molecule has 0 unspecified atom stereocenters. The third-order valence-electron chi connectivity index (χ3n) is 13.5. The van der Waals surface area contributed by atoms with Crippen LogP contribution in [0.3, 0.4) is 0 Å². The first kappa shape index (κ1) is 57.2. The number of hydrogen-bond acceptors (Lipinski definition) is 14. The molecular weight excluding hydrogens is 897 g/mol. The molecule has 2 saturated carbocycles. The lowest BCUT2D eigenvalue weighted by atomic mass is 9.69. The van der Waals surface area contributed by atoms with E-state index in [0.29, 0.717) is 36.7 Å². The third kappa shape index (κ3) is 19.5. The van der Waals surface area contributed by atoms with Gasteiger partial charge in [0.25, 0.3) is 0 Å². The molecule has 0 bridgehead atoms. The average molecular weight is 975 g/mol. The van der Waals surface area contributed by atoms with Crippen molar-refractivity contribution < 1.29 is 66.7 Å². The maximum atomic E-state index is 12.9. The summed E-state index contributed by atoms with van der Waals surface area (Å²) in [6.45, 7) is 11.2. The summed E-state index contributed by atoms with van der Waals surface area (Å²) in [7, 11) is 2.76. The molecule has 0 heterocycles. The monoisotopic (exact) mass is 975 g/mol. The minimum absolute atomic E-state index is 0.0243. The van der Waals surface area contributed by atoms with Crippen LogP contribution in [-0.2, 0) is 63.6 Å². The zero-order valence-electron chi connectivity index (χ0n) is 42.5. The summed E-state index contributed by atoms with van der Waals surface area (Å²) in [6, 6.07) is 13.5. The summed E-state index contributed by atoms with van der Waals surface area (Å²) < 4.78 is 44.4. The average Bonchev–Trinajstić information content (AvgIpc) is 3.37. The number of unbranched alkanes of at least 4 members (excludes halogenated alkanes) is 2. The highest BCUT2D eigenvalue weighted by molar-refractivity contribution is 6.34. The minimum Gasteiger partial charge on any atom is -0.493 e. The van der Waals surface area contributed by atoms with Crippen molar-refractivity contribution in [1.82, 2.24) is 0 Å². The summed E-state index contributed by atoms with van der Waals surface area (Å²) in [5.74, 6) is -0.997. The number of esters is 4. The summed E-state index contributed by atoms with van der Waals surface area (Å²) in [6.07, 6.45) is 16.4. The molecule has 0 N–H and O–H groups in total. The number of aryl methyl sites for hydroxylation is 1. The second-order valence-corrected chi connectivity index (χ2v) is 19.4. The first-order valence-electron chi connectivity index (χ1n) is 25.2. The lowest BCUT2D eigenvalue weighted by molar-refractivity contribution is -0.169. The van der Waals surface area contributed by atoms with Crippen LogP contribution in [0, 0.1) is 29.1 Å². The molecule has 2 aliphatic rings. The number of carbonyl (C=O) groups excluding carboxylic acids is 6. The van der Waals surface area contributed by atoms with E-state index in [-0.39, 0.29) is 50.4 Å². The van der Waals surface area contributed by atoms with Gasteiger partial charge >= 0.3 is 23.9 Å². The van der Waals surface area contributed by atoms with Gasteiger partial charge in [-0.3, -0.25) is 9.59 Å². The molecule has 0 aliphatic heterocycles. The van der Waals surface area contributed by atoms with Crippen molar-refractivity contribution in [2.75, 3.05) is 67.1 Å². The Morgan fingerprint density at radius 1 is 0.571 bits per heavy atom. The van der Waals surface area contributed by atoms with Gasteiger partial charge in [0, 0.05) is 38.2 Å². The number of methoxy groups -OCH3 is 2. The van der Waals surface area contributed by atoms with Crippen LogP contribution in [0.4, 0.5) is 0 Å². The van der Waals surface area contributed by atoms with E-state index in [0.717, 1.165) is 34.6 Å². The molecule has 70 heavy (non-hydrogen) atoms. The fourth-order valence-corrected chi connectivity index (χ4v) is 9.08. The number of ether oxygens (including phenoxy) is 8. The highest BCUT2D eigenvalue weighted by Crippen LogP contribution is 2.42. The van der Waals surface area contributed by atoms with E-state index in [1.807, 2.05) is 36.4 Å². The Morgan fingerprint density at radius 2 is 1.09 bits per heavy atom. The number of Topliss-reactive ketones (excluding diaryl/α,β-unsaturated/α-hetero) is 2. The smallest absolute Gasteiger partial charge is 0.374 e. The van der Waals surface area contributed by atoms with Crippen molar-refractivity contribution in [1.29, 1.82) is 0 Å². The van der Waals surface area contributed by atoms with Crippen LogP contribution in [0.5, 0.6) is 11.5 Å². The zero-order chi connectivity index (χ0) is 50.9. The van der Waals surface area contributed by atoms with Crippen LogP contribution in [0.25, 0.3) is 11.1 Å². The van der Waals surface area contributed by atoms with Crippen molar-refractivity contribution in [3.05, 3.63) is 72.3 Å². The quantitative estimate of drug-likeness (QED) is 0.0223. The maximum Gasteiger partial charge on any atom is 0.374 e. The zero-order valence-corrected chi connectivity index (χ0v) is 42.5. The maximum absolute atomic E-state index is 12.9. The van der Waals surface area contributed by atoms with Gasteiger partial charge in [0.05, 0.1) is 26.4 Å². The molecule has 2 aromatic rings. The second-order valence-electron chi connectivity index (χ2n) is 19.4. The number of hydrogen-bond donors (Lipinski definition) is 0. The van der Waals surface area contributed by atoms with Gasteiger partial charge in [-0.25, -0.2) is 19.2 Å². The molecule has 0 saturated heterocycles. The van der Waals surface area contributed by atoms with Crippen LogP contribution >= 0.6 is 0 Å². The molecule has 14 heteroatoms. The fraction of sp³-hybridized carbons (Fsp3) is 0.607. The third-order valence-corrected chi connectivity index (χ3v) is 13.5. The Labute approximate surface area is 415 Å². The molecule has 2 aliphatic carbocycles. The highest BCUT2D eigenvalue weighted by atomic mass is 16.6. The van der Waals surface area contributed by atoms with Crippen molar-refractivity contribution in [3.8, 4) is 22.6 Å². The van der Waals surface area contributed by atoms with Gasteiger partial charge in [-0.2, -0.15) is 0 Å². The number of carbonyl (C=O) groups is 6. The first-order valence-corrected chi connectivity index (χ1v) is 25.2. The van der Waals surface area contributed by atoms with Crippen LogP contribution < -0.4 is 9.47 Å². The van der Waals surface area contributed by atoms with Crippen molar-refractivity contribution in [2.45, 2.75) is 124 Å². The Morgan fingerprint density at radius 3 is 1.61 bits per heavy atom. The molecule has 386 valence electrons. The summed E-state index contributed by atoms with van der Waals surface area (Å²) >= 11 is 0.